The number of hydrogen-bond acceptors (Lipinski definition) is 3. The van der Waals surface area contributed by atoms with Crippen LogP contribution in [-0.4, -0.2) is 24.2 Å². The molecular weight excluding hydrogens is 300 g/mol. The number of ether oxygens (including phenoxy) is 1. The number of nitrogens with one attached hydrogen (secondary N) is 1. The molecule has 0 aliphatic carbocycles. The van der Waals surface area contributed by atoms with Crippen LogP contribution in [0.15, 0.2) is 22.7 Å². The van der Waals surface area contributed by atoms with Crippen LogP contribution in [0.3, 0.4) is 0 Å². The van der Waals surface area contributed by atoms with Gasteiger partial charge in [-0.3, -0.25) is 0 Å². The lowest BCUT2D eigenvalue weighted by molar-refractivity contribution is 0.141. The zero-order valence-corrected chi connectivity index (χ0v) is 12.4. The maximum atomic E-state index is 5.70. The molecule has 1 atom stereocenters. The zero-order chi connectivity index (χ0) is 12.8. The maximum Gasteiger partial charge on any atom is 0.106 e. The molecule has 0 saturated carbocycles. The molecule has 3 N–H and O–H groups in total. The van der Waals surface area contributed by atoms with Crippen LogP contribution >= 0.6 is 28.1 Å². The second-order valence-corrected chi connectivity index (χ2v) is 5.11. The van der Waals surface area contributed by atoms with Gasteiger partial charge in [-0.1, -0.05) is 28.1 Å². The molecule has 0 spiro atoms. The Hall–Kier alpha value is -0.650. The van der Waals surface area contributed by atoms with Crippen molar-refractivity contribution in [2.45, 2.75) is 19.9 Å². The largest absolute Gasteiger partial charge is 0.389 e. The van der Waals surface area contributed by atoms with Gasteiger partial charge < -0.3 is 15.8 Å². The first-order valence-electron chi connectivity index (χ1n) is 5.48. The van der Waals surface area contributed by atoms with Crippen LogP contribution in [0.25, 0.3) is 0 Å². The van der Waals surface area contributed by atoms with Gasteiger partial charge in [0.05, 0.1) is 6.61 Å². The molecule has 94 valence electrons. The summed E-state index contributed by atoms with van der Waals surface area (Å²) in [5, 5.41) is 3.34. The highest BCUT2D eigenvalue weighted by Gasteiger charge is 2.09. The molecule has 0 saturated heterocycles. The first kappa shape index (κ1) is 14.4. The van der Waals surface area contributed by atoms with E-state index in [-0.39, 0.29) is 6.04 Å². The fraction of sp³-hybridized carbons (Fsp3) is 0.417. The molecule has 0 aliphatic rings. The molecule has 0 amide bonds. The minimum atomic E-state index is 0.212. The highest BCUT2D eigenvalue weighted by atomic mass is 79.9. The van der Waals surface area contributed by atoms with E-state index in [0.29, 0.717) is 18.2 Å². The van der Waals surface area contributed by atoms with Gasteiger partial charge in [0.25, 0.3) is 0 Å². The molecule has 5 heteroatoms. The summed E-state index contributed by atoms with van der Waals surface area (Å²) in [6.07, 6.45) is 0. The van der Waals surface area contributed by atoms with Crippen molar-refractivity contribution in [1.29, 1.82) is 0 Å². The molecule has 1 aromatic rings. The maximum absolute atomic E-state index is 5.70. The molecule has 0 aliphatic heterocycles. The highest BCUT2D eigenvalue weighted by Crippen LogP contribution is 2.21. The van der Waals surface area contributed by atoms with Crippen molar-refractivity contribution in [3.05, 3.63) is 28.2 Å². The van der Waals surface area contributed by atoms with Gasteiger partial charge in [0.15, 0.2) is 0 Å². The van der Waals surface area contributed by atoms with Gasteiger partial charge in [0.2, 0.25) is 0 Å². The molecular formula is C12H17BrN2OS. The van der Waals surface area contributed by atoms with Crippen LogP contribution in [0.5, 0.6) is 0 Å². The molecule has 0 radical (unpaired) electrons. The van der Waals surface area contributed by atoms with E-state index < -0.39 is 0 Å². The van der Waals surface area contributed by atoms with Crippen LogP contribution in [0.2, 0.25) is 0 Å². The lowest BCUT2D eigenvalue weighted by atomic mass is 10.1. The third-order valence-corrected chi connectivity index (χ3v) is 2.93. The summed E-state index contributed by atoms with van der Waals surface area (Å²) in [5.74, 6) is 0. The Labute approximate surface area is 116 Å². The summed E-state index contributed by atoms with van der Waals surface area (Å²) < 4.78 is 6.32. The van der Waals surface area contributed by atoms with Crippen LogP contribution in [0, 0.1) is 0 Å². The smallest absolute Gasteiger partial charge is 0.106 e. The van der Waals surface area contributed by atoms with E-state index >= 15 is 0 Å². The number of halogens is 1. The molecule has 0 fully saturated rings. The predicted octanol–water partition coefficient (Wildman–Crippen LogP) is 2.92. The minimum absolute atomic E-state index is 0.212. The van der Waals surface area contributed by atoms with Gasteiger partial charge in [-0.2, -0.15) is 0 Å². The van der Waals surface area contributed by atoms with E-state index in [1.165, 1.54) is 0 Å². The van der Waals surface area contributed by atoms with E-state index in [2.05, 4.69) is 28.2 Å². The summed E-state index contributed by atoms with van der Waals surface area (Å²) in [7, 11) is 0. The molecule has 0 bridgehead atoms. The lowest BCUT2D eigenvalue weighted by Crippen LogP contribution is -2.24. The second kappa shape index (κ2) is 6.93. The summed E-state index contributed by atoms with van der Waals surface area (Å²) >= 11 is 8.44. The van der Waals surface area contributed by atoms with Crippen molar-refractivity contribution in [2.75, 3.05) is 18.5 Å². The Bertz CT molecular complexity index is 398. The number of thiocarbonyl (C=S) groups is 1. The third kappa shape index (κ3) is 4.61. The first-order valence-corrected chi connectivity index (χ1v) is 6.68. The van der Waals surface area contributed by atoms with E-state index in [0.717, 1.165) is 15.7 Å². The van der Waals surface area contributed by atoms with Crippen molar-refractivity contribution >= 4 is 38.8 Å². The molecule has 1 aromatic carbocycles. The average molecular weight is 317 g/mol. The van der Waals surface area contributed by atoms with E-state index in [4.69, 9.17) is 22.7 Å². The second-order valence-electron chi connectivity index (χ2n) is 3.76. The Kier molecular flexibility index (Phi) is 5.88. The quantitative estimate of drug-likeness (QED) is 0.792. The van der Waals surface area contributed by atoms with Gasteiger partial charge in [-0.25, -0.2) is 0 Å². The molecule has 1 unspecified atom stereocenters. The summed E-state index contributed by atoms with van der Waals surface area (Å²) in [6.45, 7) is 5.41. The SMILES string of the molecule is CCOCC(C)Nc1ccc(Br)cc1C(N)=S. The van der Waals surface area contributed by atoms with Crippen LogP contribution < -0.4 is 11.1 Å². The van der Waals surface area contributed by atoms with Crippen molar-refractivity contribution in [3.63, 3.8) is 0 Å². The Morgan fingerprint density at radius 2 is 2.29 bits per heavy atom. The van der Waals surface area contributed by atoms with Gasteiger partial charge >= 0.3 is 0 Å². The predicted molar refractivity (Wildman–Crippen MR) is 79.6 cm³/mol. The number of anilines is 1. The Balaban J connectivity index is 2.79. The van der Waals surface area contributed by atoms with E-state index in [1.54, 1.807) is 0 Å². The van der Waals surface area contributed by atoms with Gasteiger partial charge in [-0.05, 0) is 32.0 Å². The molecule has 1 rings (SSSR count). The highest BCUT2D eigenvalue weighted by molar-refractivity contribution is 9.10. The van der Waals surface area contributed by atoms with Gasteiger partial charge in [0, 0.05) is 28.4 Å². The Morgan fingerprint density at radius 1 is 1.59 bits per heavy atom. The summed E-state index contributed by atoms with van der Waals surface area (Å²) in [5.41, 5.74) is 7.48. The van der Waals surface area contributed by atoms with Gasteiger partial charge in [0.1, 0.15) is 4.99 Å². The van der Waals surface area contributed by atoms with E-state index in [1.807, 2.05) is 25.1 Å². The van der Waals surface area contributed by atoms with Crippen LogP contribution in [-0.2, 0) is 4.74 Å². The van der Waals surface area contributed by atoms with Crippen molar-refractivity contribution in [3.8, 4) is 0 Å². The molecule has 0 heterocycles. The van der Waals surface area contributed by atoms with Crippen LogP contribution in [0.4, 0.5) is 5.69 Å². The first-order chi connectivity index (χ1) is 8.04. The monoisotopic (exact) mass is 316 g/mol. The molecule has 0 aromatic heterocycles. The number of nitrogens with two attached hydrogens (primary N) is 1. The topological polar surface area (TPSA) is 47.3 Å². The fourth-order valence-electron chi connectivity index (χ4n) is 1.45. The van der Waals surface area contributed by atoms with Crippen molar-refractivity contribution in [1.82, 2.24) is 0 Å². The number of benzene rings is 1. The summed E-state index contributed by atoms with van der Waals surface area (Å²) in [4.78, 5) is 0.386. The molecule has 17 heavy (non-hydrogen) atoms. The zero-order valence-electron chi connectivity index (χ0n) is 10.00. The third-order valence-electron chi connectivity index (χ3n) is 2.22. The molecule has 3 nitrogen and oxygen atoms in total. The minimum Gasteiger partial charge on any atom is -0.389 e. The van der Waals surface area contributed by atoms with Crippen LogP contribution in [0.1, 0.15) is 19.4 Å². The average Bonchev–Trinajstić information content (AvgIpc) is 2.28. The van der Waals surface area contributed by atoms with Gasteiger partial charge in [-0.15, -0.1) is 0 Å². The van der Waals surface area contributed by atoms with E-state index in [9.17, 15) is 0 Å². The number of rotatable bonds is 6. The normalized spacial score (nSPS) is 12.2. The lowest BCUT2D eigenvalue weighted by Gasteiger charge is -2.17. The summed E-state index contributed by atoms with van der Waals surface area (Å²) in [6, 6.07) is 6.04. The fourth-order valence-corrected chi connectivity index (χ4v) is 1.98. The van der Waals surface area contributed by atoms with Crippen molar-refractivity contribution in [2.24, 2.45) is 5.73 Å². The standard InChI is InChI=1S/C12H17BrN2OS/c1-3-16-7-8(2)15-11-5-4-9(13)6-10(11)12(14)17/h4-6,8,15H,3,7H2,1-2H3,(H2,14,17). The van der Waals surface area contributed by atoms with Crippen molar-refractivity contribution < 1.29 is 4.74 Å². The number of hydrogen-bond donors (Lipinski definition) is 2. The Morgan fingerprint density at radius 3 is 2.88 bits per heavy atom.